The van der Waals surface area contributed by atoms with Gasteiger partial charge in [-0.05, 0) is 93.4 Å². The highest BCUT2D eigenvalue weighted by atomic mass is 16.5. The number of rotatable bonds is 17. The van der Waals surface area contributed by atoms with Crippen LogP contribution < -0.4 is 4.74 Å². The normalized spacial score (nSPS) is 21.3. The Balaban J connectivity index is 2.03. The van der Waals surface area contributed by atoms with Gasteiger partial charge in [0, 0.05) is 11.3 Å². The van der Waals surface area contributed by atoms with E-state index in [1.807, 2.05) is 0 Å². The van der Waals surface area contributed by atoms with Crippen molar-refractivity contribution in [3.63, 3.8) is 0 Å². The van der Waals surface area contributed by atoms with Gasteiger partial charge in [0.25, 0.3) is 0 Å². The Bertz CT molecular complexity index is 835. The zero-order chi connectivity index (χ0) is 28.5. The van der Waals surface area contributed by atoms with E-state index in [0.717, 1.165) is 36.8 Å². The highest BCUT2D eigenvalue weighted by Crippen LogP contribution is 2.47. The van der Waals surface area contributed by atoms with Gasteiger partial charge in [-0.1, -0.05) is 78.7 Å². The summed E-state index contributed by atoms with van der Waals surface area (Å²) in [6, 6.07) is 2.24. The van der Waals surface area contributed by atoms with Gasteiger partial charge in [0.2, 0.25) is 0 Å². The summed E-state index contributed by atoms with van der Waals surface area (Å²) < 4.78 is 6.91. The van der Waals surface area contributed by atoms with Crippen molar-refractivity contribution in [1.82, 2.24) is 0 Å². The van der Waals surface area contributed by atoms with E-state index in [0.29, 0.717) is 12.3 Å². The van der Waals surface area contributed by atoms with Crippen molar-refractivity contribution in [2.45, 2.75) is 132 Å². The summed E-state index contributed by atoms with van der Waals surface area (Å²) in [7, 11) is 0. The summed E-state index contributed by atoms with van der Waals surface area (Å²) in [5.74, 6) is 3.49. The number of aliphatic hydroxyl groups is 3. The van der Waals surface area contributed by atoms with E-state index < -0.39 is 11.0 Å². The van der Waals surface area contributed by atoms with E-state index in [1.165, 1.54) is 67.2 Å². The van der Waals surface area contributed by atoms with Crippen LogP contribution >= 0.6 is 0 Å². The molecule has 1 aliphatic rings. The maximum atomic E-state index is 10.1. The molecule has 0 aliphatic carbocycles. The second-order valence-corrected chi connectivity index (χ2v) is 13.8. The SMILES string of the molecule is Cc1cc(C)c2c(c1C)OC(C)(CCCC(C)CCCC(C)CCCC(C)C)C(CC(CO)(CO)CO)C2. The summed E-state index contributed by atoms with van der Waals surface area (Å²) >= 11 is 0. The standard InChI is InChI=1S/C34H60O4/c1-24(2)12-9-13-25(3)14-10-15-26(4)16-11-17-33(8)30(20-34(21-35,22-36)23-37)19-31-28(6)18-27(5)29(7)32(31)38-33/h18,24-26,30,35-37H,9-17,19-23H2,1-8H3. The summed E-state index contributed by atoms with van der Waals surface area (Å²) in [4.78, 5) is 0. The monoisotopic (exact) mass is 532 g/mol. The average molecular weight is 533 g/mol. The first kappa shape index (κ1) is 33.1. The van der Waals surface area contributed by atoms with Crippen molar-refractivity contribution in [2.75, 3.05) is 19.8 Å². The van der Waals surface area contributed by atoms with Crippen LogP contribution in [-0.4, -0.2) is 40.7 Å². The van der Waals surface area contributed by atoms with Crippen LogP contribution in [0.2, 0.25) is 0 Å². The van der Waals surface area contributed by atoms with E-state index in [1.54, 1.807) is 0 Å². The highest BCUT2D eigenvalue weighted by molar-refractivity contribution is 5.51. The predicted octanol–water partition coefficient (Wildman–Crippen LogP) is 7.71. The van der Waals surface area contributed by atoms with Crippen LogP contribution in [0, 0.1) is 49.9 Å². The van der Waals surface area contributed by atoms with Gasteiger partial charge in [0.15, 0.2) is 0 Å². The molecule has 4 nitrogen and oxygen atoms in total. The van der Waals surface area contributed by atoms with Gasteiger partial charge in [-0.3, -0.25) is 0 Å². The lowest BCUT2D eigenvalue weighted by Gasteiger charge is -2.47. The Morgan fingerprint density at radius 2 is 1.37 bits per heavy atom. The van der Waals surface area contributed by atoms with Crippen molar-refractivity contribution in [1.29, 1.82) is 0 Å². The fourth-order valence-corrected chi connectivity index (χ4v) is 6.46. The minimum Gasteiger partial charge on any atom is -0.487 e. The number of ether oxygens (including phenoxy) is 1. The molecule has 0 fully saturated rings. The van der Waals surface area contributed by atoms with Gasteiger partial charge in [-0.25, -0.2) is 0 Å². The predicted molar refractivity (Wildman–Crippen MR) is 160 cm³/mol. The first-order valence-electron chi connectivity index (χ1n) is 15.5. The van der Waals surface area contributed by atoms with Crippen LogP contribution in [0.25, 0.3) is 0 Å². The van der Waals surface area contributed by atoms with Crippen LogP contribution in [0.3, 0.4) is 0 Å². The number of aliphatic hydroxyl groups excluding tert-OH is 3. The number of hydrogen-bond acceptors (Lipinski definition) is 4. The lowest BCUT2D eigenvalue weighted by atomic mass is 9.68. The van der Waals surface area contributed by atoms with Gasteiger partial charge in [-0.15, -0.1) is 0 Å². The molecule has 1 aliphatic heterocycles. The molecule has 2 rings (SSSR count). The Morgan fingerprint density at radius 3 is 1.89 bits per heavy atom. The van der Waals surface area contributed by atoms with Crippen LogP contribution in [0.4, 0.5) is 0 Å². The third-order valence-electron chi connectivity index (χ3n) is 9.69. The van der Waals surface area contributed by atoms with Crippen LogP contribution in [0.15, 0.2) is 6.07 Å². The Labute approximate surface area is 234 Å². The van der Waals surface area contributed by atoms with Gasteiger partial charge in [0.1, 0.15) is 11.4 Å². The second kappa shape index (κ2) is 15.1. The Morgan fingerprint density at radius 1 is 0.842 bits per heavy atom. The number of hydrogen-bond donors (Lipinski definition) is 3. The summed E-state index contributed by atoms with van der Waals surface area (Å²) in [5.41, 5.74) is 3.67. The first-order valence-corrected chi connectivity index (χ1v) is 15.5. The van der Waals surface area contributed by atoms with Crippen molar-refractivity contribution < 1.29 is 20.1 Å². The highest BCUT2D eigenvalue weighted by Gasteiger charge is 2.45. The largest absolute Gasteiger partial charge is 0.487 e. The van der Waals surface area contributed by atoms with E-state index in [9.17, 15) is 15.3 Å². The lowest BCUT2D eigenvalue weighted by molar-refractivity contribution is -0.0633. The van der Waals surface area contributed by atoms with Gasteiger partial charge in [0.05, 0.1) is 19.8 Å². The fourth-order valence-electron chi connectivity index (χ4n) is 6.46. The van der Waals surface area contributed by atoms with E-state index in [4.69, 9.17) is 4.74 Å². The zero-order valence-electron chi connectivity index (χ0n) is 26.0. The zero-order valence-corrected chi connectivity index (χ0v) is 26.0. The molecule has 1 aromatic rings. The van der Waals surface area contributed by atoms with Gasteiger partial charge in [-0.2, -0.15) is 0 Å². The molecular weight excluding hydrogens is 472 g/mol. The van der Waals surface area contributed by atoms with Gasteiger partial charge < -0.3 is 20.1 Å². The summed E-state index contributed by atoms with van der Waals surface area (Å²) in [6.07, 6.45) is 12.6. The van der Waals surface area contributed by atoms with E-state index in [2.05, 4.69) is 61.5 Å². The molecule has 220 valence electrons. The van der Waals surface area contributed by atoms with Crippen LogP contribution in [-0.2, 0) is 6.42 Å². The molecule has 0 saturated heterocycles. The third-order valence-corrected chi connectivity index (χ3v) is 9.69. The molecule has 0 radical (unpaired) electrons. The average Bonchev–Trinajstić information content (AvgIpc) is 2.86. The lowest BCUT2D eigenvalue weighted by Crippen LogP contribution is -2.49. The van der Waals surface area contributed by atoms with E-state index in [-0.39, 0.29) is 25.7 Å². The first-order chi connectivity index (χ1) is 17.9. The molecule has 0 saturated carbocycles. The maximum Gasteiger partial charge on any atom is 0.126 e. The molecule has 4 unspecified atom stereocenters. The van der Waals surface area contributed by atoms with Crippen LogP contribution in [0.1, 0.15) is 121 Å². The van der Waals surface area contributed by atoms with Crippen LogP contribution in [0.5, 0.6) is 5.75 Å². The molecule has 1 aromatic carbocycles. The Kier molecular flexibility index (Phi) is 13.1. The Hall–Kier alpha value is -1.10. The molecule has 0 spiro atoms. The second-order valence-electron chi connectivity index (χ2n) is 13.8. The molecule has 4 atom stereocenters. The molecule has 1 heterocycles. The molecule has 0 amide bonds. The van der Waals surface area contributed by atoms with Crippen molar-refractivity contribution in [3.05, 3.63) is 28.3 Å². The summed E-state index contributed by atoms with van der Waals surface area (Å²) in [5, 5.41) is 30.3. The molecule has 0 bridgehead atoms. The molecule has 38 heavy (non-hydrogen) atoms. The minimum atomic E-state index is -0.889. The van der Waals surface area contributed by atoms with Crippen molar-refractivity contribution in [2.24, 2.45) is 29.1 Å². The summed E-state index contributed by atoms with van der Waals surface area (Å²) in [6.45, 7) is 17.4. The topological polar surface area (TPSA) is 69.9 Å². The smallest absolute Gasteiger partial charge is 0.126 e. The molecular formula is C34H60O4. The number of aryl methyl sites for hydroxylation is 2. The maximum absolute atomic E-state index is 10.1. The molecule has 3 N–H and O–H groups in total. The molecule has 0 aromatic heterocycles. The third kappa shape index (κ3) is 8.96. The van der Waals surface area contributed by atoms with E-state index >= 15 is 0 Å². The minimum absolute atomic E-state index is 0.115. The van der Waals surface area contributed by atoms with Crippen molar-refractivity contribution in [3.8, 4) is 5.75 Å². The van der Waals surface area contributed by atoms with Gasteiger partial charge >= 0.3 is 0 Å². The number of fused-ring (bicyclic) bond motifs is 1. The number of benzene rings is 1. The fraction of sp³-hybridized carbons (Fsp3) is 0.824. The van der Waals surface area contributed by atoms with Crippen molar-refractivity contribution >= 4 is 0 Å². The molecule has 4 heteroatoms. The quantitative estimate of drug-likeness (QED) is 0.192.